The minimum Gasteiger partial charge on any atom is -0.481 e. The van der Waals surface area contributed by atoms with E-state index in [-0.39, 0.29) is 24.2 Å². The Morgan fingerprint density at radius 1 is 1.00 bits per heavy atom. The number of aliphatic carboxylic acids is 1. The zero-order valence-corrected chi connectivity index (χ0v) is 16.5. The van der Waals surface area contributed by atoms with Gasteiger partial charge in [-0.05, 0) is 49.1 Å². The number of hydrogen-bond donors (Lipinski definition) is 2. The molecule has 0 saturated heterocycles. The van der Waals surface area contributed by atoms with E-state index in [0.29, 0.717) is 24.9 Å². The molecule has 0 spiro atoms. The van der Waals surface area contributed by atoms with E-state index >= 15 is 0 Å². The first-order chi connectivity index (χ1) is 13.9. The van der Waals surface area contributed by atoms with Crippen molar-refractivity contribution in [2.45, 2.75) is 32.1 Å². The average Bonchev–Trinajstić information content (AvgIpc) is 2.75. The maximum absolute atomic E-state index is 12.5. The second-order valence-corrected chi connectivity index (χ2v) is 7.55. The lowest BCUT2D eigenvalue weighted by Gasteiger charge is -2.25. The number of amides is 2. The summed E-state index contributed by atoms with van der Waals surface area (Å²) in [5.41, 5.74) is 2.35. The molecule has 1 fully saturated rings. The largest absolute Gasteiger partial charge is 0.481 e. The van der Waals surface area contributed by atoms with Crippen molar-refractivity contribution in [2.24, 2.45) is 11.8 Å². The molecular formula is C23H26N2O4. The molecule has 1 saturated carbocycles. The number of nitrogens with zero attached hydrogens (tertiary/aromatic N) is 1. The van der Waals surface area contributed by atoms with Crippen molar-refractivity contribution >= 4 is 29.2 Å². The number of hydrogen-bond acceptors (Lipinski definition) is 3. The Labute approximate surface area is 170 Å². The van der Waals surface area contributed by atoms with Crippen LogP contribution in [0, 0.1) is 11.8 Å². The van der Waals surface area contributed by atoms with Crippen LogP contribution in [0.1, 0.15) is 31.2 Å². The lowest BCUT2D eigenvalue weighted by atomic mass is 9.81. The topological polar surface area (TPSA) is 86.7 Å². The second kappa shape index (κ2) is 9.37. The second-order valence-electron chi connectivity index (χ2n) is 7.55. The zero-order chi connectivity index (χ0) is 20.8. The fourth-order valence-electron chi connectivity index (χ4n) is 3.69. The van der Waals surface area contributed by atoms with Crippen molar-refractivity contribution in [1.29, 1.82) is 0 Å². The molecule has 1 aliphatic rings. The van der Waals surface area contributed by atoms with Crippen LogP contribution in [0.5, 0.6) is 0 Å². The van der Waals surface area contributed by atoms with E-state index in [1.165, 1.54) is 0 Å². The van der Waals surface area contributed by atoms with E-state index in [9.17, 15) is 19.5 Å². The number of carboxylic acids is 1. The third-order valence-corrected chi connectivity index (χ3v) is 5.49. The summed E-state index contributed by atoms with van der Waals surface area (Å²) in [5.74, 6) is -1.68. The Bertz CT molecular complexity index is 864. The molecule has 2 amide bonds. The third-order valence-electron chi connectivity index (χ3n) is 5.49. The Hall–Kier alpha value is -3.15. The molecule has 0 aliphatic heterocycles. The molecule has 152 valence electrons. The highest BCUT2D eigenvalue weighted by Crippen LogP contribution is 2.30. The highest BCUT2D eigenvalue weighted by molar-refractivity contribution is 5.95. The number of benzene rings is 2. The van der Waals surface area contributed by atoms with Gasteiger partial charge in [-0.15, -0.1) is 0 Å². The number of likely N-dealkylation sites (N-methyl/N-ethyl adjacent to an activating group) is 1. The smallest absolute Gasteiger partial charge is 0.306 e. The molecule has 2 N–H and O–H groups in total. The van der Waals surface area contributed by atoms with Crippen LogP contribution >= 0.6 is 0 Å². The molecule has 1 aliphatic carbocycles. The monoisotopic (exact) mass is 394 g/mol. The lowest BCUT2D eigenvalue weighted by molar-refractivity contribution is -0.143. The van der Waals surface area contributed by atoms with Crippen molar-refractivity contribution in [3.05, 3.63) is 60.2 Å². The lowest BCUT2D eigenvalue weighted by Crippen LogP contribution is -2.31. The maximum Gasteiger partial charge on any atom is 0.306 e. The Kier molecular flexibility index (Phi) is 6.65. The first kappa shape index (κ1) is 20.6. The maximum atomic E-state index is 12.5. The molecule has 0 heterocycles. The van der Waals surface area contributed by atoms with Crippen LogP contribution in [0.15, 0.2) is 54.6 Å². The van der Waals surface area contributed by atoms with E-state index in [0.717, 1.165) is 17.7 Å². The predicted octanol–water partition coefficient (Wildman–Crippen LogP) is 3.72. The summed E-state index contributed by atoms with van der Waals surface area (Å²) in [7, 11) is 1.75. The minimum atomic E-state index is -0.822. The van der Waals surface area contributed by atoms with E-state index in [2.05, 4.69) is 5.32 Å². The molecule has 29 heavy (non-hydrogen) atoms. The summed E-state index contributed by atoms with van der Waals surface area (Å²) < 4.78 is 0. The van der Waals surface area contributed by atoms with E-state index < -0.39 is 11.9 Å². The van der Waals surface area contributed by atoms with Crippen LogP contribution < -0.4 is 10.2 Å². The fraction of sp³-hybridized carbons (Fsp3) is 0.348. The van der Waals surface area contributed by atoms with Gasteiger partial charge in [0.1, 0.15) is 0 Å². The number of carbonyl (C=O) groups is 3. The number of rotatable bonds is 6. The molecule has 6 heteroatoms. The van der Waals surface area contributed by atoms with Crippen LogP contribution in [0.25, 0.3) is 0 Å². The number of para-hydroxylation sites is 1. The first-order valence-corrected chi connectivity index (χ1v) is 9.88. The van der Waals surface area contributed by atoms with Gasteiger partial charge in [0.15, 0.2) is 0 Å². The molecule has 0 radical (unpaired) electrons. The first-order valence-electron chi connectivity index (χ1n) is 9.88. The van der Waals surface area contributed by atoms with Crippen molar-refractivity contribution in [3.63, 3.8) is 0 Å². The molecule has 6 nitrogen and oxygen atoms in total. The van der Waals surface area contributed by atoms with Gasteiger partial charge in [0.25, 0.3) is 0 Å². The van der Waals surface area contributed by atoms with Crippen molar-refractivity contribution in [1.82, 2.24) is 0 Å². The fourth-order valence-corrected chi connectivity index (χ4v) is 3.69. The Morgan fingerprint density at radius 3 is 2.31 bits per heavy atom. The van der Waals surface area contributed by atoms with E-state index in [1.54, 1.807) is 24.1 Å². The SMILES string of the molecule is CN(C(=O)Cc1ccc(NC(=O)C2CCCC(C(=O)O)C2)cc1)c1ccccc1. The van der Waals surface area contributed by atoms with E-state index in [4.69, 9.17) is 0 Å². The Morgan fingerprint density at radius 2 is 1.66 bits per heavy atom. The standard InChI is InChI=1S/C23H26N2O4/c1-25(20-8-3-2-4-9-20)21(26)14-16-10-12-19(13-11-16)24-22(27)17-6-5-7-18(15-17)23(28)29/h2-4,8-13,17-18H,5-7,14-15H2,1H3,(H,24,27)(H,28,29). The van der Waals surface area contributed by atoms with Crippen LogP contribution in [-0.4, -0.2) is 29.9 Å². The van der Waals surface area contributed by atoms with Gasteiger partial charge in [-0.25, -0.2) is 0 Å². The number of anilines is 2. The quantitative estimate of drug-likeness (QED) is 0.782. The summed E-state index contributed by atoms with van der Waals surface area (Å²) in [5, 5.41) is 12.1. The average molecular weight is 394 g/mol. The van der Waals surface area contributed by atoms with Gasteiger partial charge >= 0.3 is 5.97 Å². The third kappa shape index (κ3) is 5.44. The van der Waals surface area contributed by atoms with Crippen LogP contribution in [-0.2, 0) is 20.8 Å². The molecule has 3 rings (SSSR count). The molecule has 0 bridgehead atoms. The summed E-state index contributed by atoms with van der Waals surface area (Å²) in [6.07, 6.45) is 2.76. The van der Waals surface area contributed by atoms with Gasteiger partial charge in [0.05, 0.1) is 12.3 Å². The van der Waals surface area contributed by atoms with Gasteiger partial charge in [-0.1, -0.05) is 36.8 Å². The van der Waals surface area contributed by atoms with Gasteiger partial charge in [-0.3, -0.25) is 14.4 Å². The summed E-state index contributed by atoms with van der Waals surface area (Å²) in [4.78, 5) is 37.8. The number of nitrogens with one attached hydrogen (secondary N) is 1. The number of carbonyl (C=O) groups excluding carboxylic acids is 2. The Balaban J connectivity index is 1.55. The van der Waals surface area contributed by atoms with Gasteiger partial charge in [0.2, 0.25) is 11.8 Å². The summed E-state index contributed by atoms with van der Waals surface area (Å²) in [6, 6.07) is 16.7. The van der Waals surface area contributed by atoms with E-state index in [1.807, 2.05) is 42.5 Å². The highest BCUT2D eigenvalue weighted by Gasteiger charge is 2.31. The molecule has 2 atom stereocenters. The highest BCUT2D eigenvalue weighted by atomic mass is 16.4. The zero-order valence-electron chi connectivity index (χ0n) is 16.5. The molecule has 0 aromatic heterocycles. The molecule has 2 aromatic rings. The van der Waals surface area contributed by atoms with Gasteiger partial charge < -0.3 is 15.3 Å². The molecule has 2 unspecified atom stereocenters. The van der Waals surface area contributed by atoms with Crippen LogP contribution in [0.3, 0.4) is 0 Å². The van der Waals surface area contributed by atoms with Gasteiger partial charge in [-0.2, -0.15) is 0 Å². The number of carboxylic acid groups (broad SMARTS) is 1. The minimum absolute atomic E-state index is 0.0186. The van der Waals surface area contributed by atoms with Crippen molar-refractivity contribution in [3.8, 4) is 0 Å². The molecule has 2 aromatic carbocycles. The van der Waals surface area contributed by atoms with Gasteiger partial charge in [0, 0.05) is 24.3 Å². The van der Waals surface area contributed by atoms with Crippen LogP contribution in [0.2, 0.25) is 0 Å². The van der Waals surface area contributed by atoms with Crippen molar-refractivity contribution in [2.75, 3.05) is 17.3 Å². The van der Waals surface area contributed by atoms with Crippen LogP contribution in [0.4, 0.5) is 11.4 Å². The predicted molar refractivity (Wildman–Crippen MR) is 112 cm³/mol. The van der Waals surface area contributed by atoms with Crippen molar-refractivity contribution < 1.29 is 19.5 Å². The molecular weight excluding hydrogens is 368 g/mol. The summed E-state index contributed by atoms with van der Waals surface area (Å²) in [6.45, 7) is 0. The summed E-state index contributed by atoms with van der Waals surface area (Å²) >= 11 is 0. The normalized spacial score (nSPS) is 18.7.